The highest BCUT2D eigenvalue weighted by Gasteiger charge is 2.34. The van der Waals surface area contributed by atoms with E-state index in [4.69, 9.17) is 10.1 Å². The molecule has 4 heterocycles. The van der Waals surface area contributed by atoms with Crippen molar-refractivity contribution in [2.24, 2.45) is 0 Å². The Kier molecular flexibility index (Phi) is 5.09. The summed E-state index contributed by atoms with van der Waals surface area (Å²) in [6.07, 6.45) is 5.65. The van der Waals surface area contributed by atoms with Gasteiger partial charge in [-0.2, -0.15) is 5.10 Å². The molecular weight excluding hydrogens is 448 g/mol. The maximum atomic E-state index is 13.8. The Balaban J connectivity index is 1.37. The first-order valence-corrected chi connectivity index (χ1v) is 13.9. The zero-order chi connectivity index (χ0) is 23.4. The van der Waals surface area contributed by atoms with Gasteiger partial charge < -0.3 is 4.90 Å². The Bertz CT molecular complexity index is 1420. The van der Waals surface area contributed by atoms with Crippen LogP contribution in [0, 0.1) is 6.92 Å². The Morgan fingerprint density at radius 1 is 1.12 bits per heavy atom. The average molecular weight is 477 g/mol. The largest absolute Gasteiger partial charge is 0.335 e. The summed E-state index contributed by atoms with van der Waals surface area (Å²) >= 11 is 0. The molecule has 0 radical (unpaired) electrons. The van der Waals surface area contributed by atoms with Crippen LogP contribution in [0.2, 0.25) is 0 Å². The van der Waals surface area contributed by atoms with E-state index in [9.17, 15) is 13.2 Å². The summed E-state index contributed by atoms with van der Waals surface area (Å²) < 4.78 is 26.0. The number of benzene rings is 1. The summed E-state index contributed by atoms with van der Waals surface area (Å²) in [5.41, 5.74) is 5.44. The van der Waals surface area contributed by atoms with E-state index in [1.165, 1.54) is 11.1 Å². The van der Waals surface area contributed by atoms with Crippen LogP contribution in [0.25, 0.3) is 16.6 Å². The lowest BCUT2D eigenvalue weighted by Crippen LogP contribution is -2.35. The van der Waals surface area contributed by atoms with Crippen LogP contribution in [0.1, 0.15) is 65.0 Å². The van der Waals surface area contributed by atoms with Gasteiger partial charge in [0.05, 0.1) is 34.2 Å². The second-order valence-corrected chi connectivity index (χ2v) is 12.0. The Hall–Kier alpha value is -3.00. The molecule has 1 aliphatic carbocycles. The summed E-state index contributed by atoms with van der Waals surface area (Å²) in [5.74, 6) is 0.633. The van der Waals surface area contributed by atoms with Gasteiger partial charge in [0.2, 0.25) is 0 Å². The lowest BCUT2D eigenvalue weighted by molar-refractivity contribution is 0.0774. The van der Waals surface area contributed by atoms with Crippen molar-refractivity contribution in [1.82, 2.24) is 19.7 Å². The van der Waals surface area contributed by atoms with Gasteiger partial charge in [-0.25, -0.2) is 18.1 Å². The molecule has 34 heavy (non-hydrogen) atoms. The summed E-state index contributed by atoms with van der Waals surface area (Å²) in [6, 6.07) is 12.0. The molecule has 0 N–H and O–H groups in total. The van der Waals surface area contributed by atoms with Crippen LogP contribution < -0.4 is 0 Å². The molecule has 3 aromatic rings. The van der Waals surface area contributed by atoms with Gasteiger partial charge in [0, 0.05) is 24.7 Å². The molecule has 3 aliphatic rings. The maximum Gasteiger partial charge on any atom is 0.255 e. The summed E-state index contributed by atoms with van der Waals surface area (Å²) in [7, 11) is -3.06. The van der Waals surface area contributed by atoms with Crippen LogP contribution in [-0.2, 0) is 9.84 Å². The number of carbonyl (C=O) groups is 1. The van der Waals surface area contributed by atoms with Crippen LogP contribution in [0.15, 0.2) is 42.5 Å². The van der Waals surface area contributed by atoms with Crippen molar-refractivity contribution < 1.29 is 13.2 Å². The molecule has 2 aromatic heterocycles. The number of aromatic nitrogens is 3. The molecule has 0 bridgehead atoms. The van der Waals surface area contributed by atoms with Gasteiger partial charge in [-0.05, 0) is 49.8 Å². The van der Waals surface area contributed by atoms with Gasteiger partial charge in [0.25, 0.3) is 5.91 Å². The number of carbonyl (C=O) groups excluding carboxylic acids is 1. The number of fused-ring (bicyclic) bond motifs is 1. The molecule has 176 valence electrons. The standard InChI is InChI=1S/C26H28N4O3S/c1-17-24-22(26(31)29-12-9-19(10-13-29)18-5-3-2-4-6-18)15-23(20-7-8-20)27-25(24)30(28-17)21-11-14-34(32,33)16-21/h2-6,9,15,20-21H,7-8,10-14,16H2,1H3/t21-/m1/s1. The maximum absolute atomic E-state index is 13.8. The first-order chi connectivity index (χ1) is 16.4. The second kappa shape index (κ2) is 8.05. The third kappa shape index (κ3) is 3.83. The zero-order valence-electron chi connectivity index (χ0n) is 19.3. The van der Waals surface area contributed by atoms with E-state index in [1.807, 2.05) is 36.1 Å². The topological polar surface area (TPSA) is 85.2 Å². The average Bonchev–Trinajstić information content (AvgIpc) is 3.57. The molecule has 1 amide bonds. The molecule has 0 spiro atoms. The van der Waals surface area contributed by atoms with Crippen molar-refractivity contribution >= 4 is 32.4 Å². The van der Waals surface area contributed by atoms with Crippen LogP contribution in [0.3, 0.4) is 0 Å². The van der Waals surface area contributed by atoms with Crippen molar-refractivity contribution in [3.05, 3.63) is 65.0 Å². The Labute approximate surface area is 199 Å². The van der Waals surface area contributed by atoms with Crippen molar-refractivity contribution in [2.45, 2.75) is 44.6 Å². The number of hydrogen-bond donors (Lipinski definition) is 0. The molecule has 2 fully saturated rings. The molecule has 0 unspecified atom stereocenters. The van der Waals surface area contributed by atoms with Crippen LogP contribution in [0.4, 0.5) is 0 Å². The fourth-order valence-electron chi connectivity index (χ4n) is 5.25. The second-order valence-electron chi connectivity index (χ2n) is 9.75. The highest BCUT2D eigenvalue weighted by Crippen LogP contribution is 2.41. The fourth-order valence-corrected chi connectivity index (χ4v) is 6.94. The lowest BCUT2D eigenvalue weighted by Gasteiger charge is -2.27. The Morgan fingerprint density at radius 2 is 1.91 bits per heavy atom. The molecule has 2 aliphatic heterocycles. The van der Waals surface area contributed by atoms with E-state index < -0.39 is 9.84 Å². The summed E-state index contributed by atoms with van der Waals surface area (Å²) in [6.45, 7) is 3.12. The number of aryl methyl sites for hydroxylation is 1. The number of sulfone groups is 1. The van der Waals surface area contributed by atoms with Gasteiger partial charge in [-0.3, -0.25) is 4.79 Å². The third-order valence-electron chi connectivity index (χ3n) is 7.28. The molecule has 1 saturated heterocycles. The van der Waals surface area contributed by atoms with Crippen molar-refractivity contribution in [3.63, 3.8) is 0 Å². The van der Waals surface area contributed by atoms with E-state index in [0.29, 0.717) is 36.6 Å². The number of rotatable bonds is 4. The number of nitrogens with zero attached hydrogens (tertiary/aromatic N) is 4. The molecule has 6 rings (SSSR count). The smallest absolute Gasteiger partial charge is 0.255 e. The van der Waals surface area contributed by atoms with Gasteiger partial charge in [-0.15, -0.1) is 0 Å². The predicted molar refractivity (Wildman–Crippen MR) is 131 cm³/mol. The van der Waals surface area contributed by atoms with Gasteiger partial charge in [0.15, 0.2) is 15.5 Å². The fraction of sp³-hybridized carbons (Fsp3) is 0.423. The quantitative estimate of drug-likeness (QED) is 0.570. The van der Waals surface area contributed by atoms with E-state index in [2.05, 4.69) is 18.2 Å². The first kappa shape index (κ1) is 21.5. The van der Waals surface area contributed by atoms with Crippen LogP contribution in [-0.4, -0.2) is 58.6 Å². The monoisotopic (exact) mass is 476 g/mol. The molecular formula is C26H28N4O3S. The van der Waals surface area contributed by atoms with Gasteiger partial charge >= 0.3 is 0 Å². The highest BCUT2D eigenvalue weighted by atomic mass is 32.2. The van der Waals surface area contributed by atoms with Gasteiger partial charge in [-0.1, -0.05) is 36.4 Å². The van der Waals surface area contributed by atoms with E-state index in [0.717, 1.165) is 36.0 Å². The van der Waals surface area contributed by atoms with Crippen molar-refractivity contribution in [3.8, 4) is 0 Å². The third-order valence-corrected chi connectivity index (χ3v) is 9.03. The number of pyridine rings is 1. The van der Waals surface area contributed by atoms with E-state index in [-0.39, 0.29) is 23.5 Å². The highest BCUT2D eigenvalue weighted by molar-refractivity contribution is 7.91. The van der Waals surface area contributed by atoms with E-state index >= 15 is 0 Å². The van der Waals surface area contributed by atoms with Crippen LogP contribution in [0.5, 0.6) is 0 Å². The number of amides is 1. The predicted octanol–water partition coefficient (Wildman–Crippen LogP) is 3.91. The number of hydrogen-bond acceptors (Lipinski definition) is 5. The molecule has 1 saturated carbocycles. The normalized spacial score (nSPS) is 22.2. The summed E-state index contributed by atoms with van der Waals surface area (Å²) in [5, 5.41) is 5.47. The minimum Gasteiger partial charge on any atom is -0.335 e. The Morgan fingerprint density at radius 3 is 2.56 bits per heavy atom. The molecule has 8 heteroatoms. The minimum absolute atomic E-state index is 0.000597. The van der Waals surface area contributed by atoms with E-state index in [1.54, 1.807) is 4.68 Å². The first-order valence-electron chi connectivity index (χ1n) is 12.0. The zero-order valence-corrected chi connectivity index (χ0v) is 20.1. The lowest BCUT2D eigenvalue weighted by atomic mass is 9.98. The SMILES string of the molecule is Cc1nn([C@@H]2CCS(=O)(=O)C2)c2nc(C3CC3)cc(C(=O)N3CC=C(c4ccccc4)CC3)c12. The minimum atomic E-state index is -3.06. The van der Waals surface area contributed by atoms with Crippen molar-refractivity contribution in [2.75, 3.05) is 24.6 Å². The van der Waals surface area contributed by atoms with Crippen LogP contribution >= 0.6 is 0 Å². The molecule has 7 nitrogen and oxygen atoms in total. The summed E-state index contributed by atoms with van der Waals surface area (Å²) in [4.78, 5) is 20.6. The molecule has 1 aromatic carbocycles. The van der Waals surface area contributed by atoms with Crippen molar-refractivity contribution in [1.29, 1.82) is 0 Å². The van der Waals surface area contributed by atoms with Gasteiger partial charge in [0.1, 0.15) is 0 Å². The molecule has 1 atom stereocenters.